The molecule has 24 heavy (non-hydrogen) atoms. The number of hydrogen-bond donors (Lipinski definition) is 0. The van der Waals surface area contributed by atoms with Gasteiger partial charge in [0.2, 0.25) is 10.0 Å². The summed E-state index contributed by atoms with van der Waals surface area (Å²) in [5.74, 6) is 0.172. The van der Waals surface area contributed by atoms with Crippen molar-refractivity contribution in [3.63, 3.8) is 0 Å². The van der Waals surface area contributed by atoms with Crippen molar-refractivity contribution >= 4 is 33.2 Å². The SMILES string of the molecule is CN(C(=O)[C@@H]1CN(S(C)(=O)=O)c2cc(Cl)ccc2O1)C1CCCC1. The molecule has 0 bridgehead atoms. The number of likely N-dealkylation sites (N-methyl/N-ethyl adjacent to an activating group) is 1. The fourth-order valence-electron chi connectivity index (χ4n) is 3.37. The normalized spacial score (nSPS) is 21.3. The second kappa shape index (κ2) is 6.44. The van der Waals surface area contributed by atoms with E-state index in [-0.39, 0.29) is 18.5 Å². The molecule has 2 aliphatic rings. The Balaban J connectivity index is 1.89. The van der Waals surface area contributed by atoms with Crippen LogP contribution in [-0.2, 0) is 14.8 Å². The van der Waals surface area contributed by atoms with Crippen LogP contribution >= 0.6 is 11.6 Å². The van der Waals surface area contributed by atoms with Crippen LogP contribution in [0.4, 0.5) is 5.69 Å². The van der Waals surface area contributed by atoms with Crippen molar-refractivity contribution < 1.29 is 17.9 Å². The first-order valence-corrected chi connectivity index (χ1v) is 10.2. The first kappa shape index (κ1) is 17.4. The van der Waals surface area contributed by atoms with E-state index in [2.05, 4.69) is 0 Å². The lowest BCUT2D eigenvalue weighted by Gasteiger charge is -2.36. The average Bonchev–Trinajstić information content (AvgIpc) is 3.05. The summed E-state index contributed by atoms with van der Waals surface area (Å²) in [6, 6.07) is 4.97. The fraction of sp³-hybridized carbons (Fsp3) is 0.562. The van der Waals surface area contributed by atoms with E-state index in [1.807, 2.05) is 0 Å². The minimum absolute atomic E-state index is 0.0396. The first-order valence-electron chi connectivity index (χ1n) is 7.98. The van der Waals surface area contributed by atoms with E-state index in [1.165, 1.54) is 4.31 Å². The predicted molar refractivity (Wildman–Crippen MR) is 93.1 cm³/mol. The van der Waals surface area contributed by atoms with E-state index in [4.69, 9.17) is 16.3 Å². The van der Waals surface area contributed by atoms with Crippen LogP contribution < -0.4 is 9.04 Å². The number of benzene rings is 1. The molecule has 0 saturated heterocycles. The standard InChI is InChI=1S/C16H21ClN2O4S/c1-18(12-5-3-4-6-12)16(20)15-10-19(24(2,21)22)13-9-11(17)7-8-14(13)23-15/h7-9,12,15H,3-6,10H2,1-2H3/t15-/m0/s1. The molecule has 0 radical (unpaired) electrons. The number of rotatable bonds is 3. The van der Waals surface area contributed by atoms with Crippen LogP contribution in [0.15, 0.2) is 18.2 Å². The van der Waals surface area contributed by atoms with Gasteiger partial charge in [-0.2, -0.15) is 0 Å². The highest BCUT2D eigenvalue weighted by Crippen LogP contribution is 2.37. The Hall–Kier alpha value is -1.47. The van der Waals surface area contributed by atoms with Crippen LogP contribution in [0.3, 0.4) is 0 Å². The van der Waals surface area contributed by atoms with Gasteiger partial charge in [0.1, 0.15) is 5.75 Å². The number of carbonyl (C=O) groups is 1. The van der Waals surface area contributed by atoms with Crippen LogP contribution in [0, 0.1) is 0 Å². The number of halogens is 1. The van der Waals surface area contributed by atoms with Crippen molar-refractivity contribution in [3.05, 3.63) is 23.2 Å². The summed E-state index contributed by atoms with van der Waals surface area (Å²) in [6.07, 6.45) is 4.47. The maximum Gasteiger partial charge on any atom is 0.265 e. The molecule has 0 unspecified atom stereocenters. The zero-order valence-corrected chi connectivity index (χ0v) is 15.3. The molecule has 1 aliphatic heterocycles. The zero-order valence-electron chi connectivity index (χ0n) is 13.7. The zero-order chi connectivity index (χ0) is 17.5. The number of sulfonamides is 1. The topological polar surface area (TPSA) is 66.9 Å². The highest BCUT2D eigenvalue weighted by molar-refractivity contribution is 7.92. The molecule has 1 saturated carbocycles. The predicted octanol–water partition coefficient (Wildman–Crippen LogP) is 2.27. The smallest absolute Gasteiger partial charge is 0.265 e. The second-order valence-electron chi connectivity index (χ2n) is 6.40. The second-order valence-corrected chi connectivity index (χ2v) is 8.74. The fourth-order valence-corrected chi connectivity index (χ4v) is 4.44. The van der Waals surface area contributed by atoms with Crippen LogP contribution in [-0.4, -0.2) is 51.2 Å². The number of hydrogen-bond acceptors (Lipinski definition) is 4. The molecule has 1 amide bonds. The molecule has 6 nitrogen and oxygen atoms in total. The molecule has 132 valence electrons. The molecule has 1 aromatic carbocycles. The Kier molecular flexibility index (Phi) is 4.66. The van der Waals surface area contributed by atoms with Gasteiger partial charge in [-0.3, -0.25) is 9.10 Å². The summed E-state index contributed by atoms with van der Waals surface area (Å²) in [6.45, 7) is -0.0396. The van der Waals surface area contributed by atoms with E-state index < -0.39 is 16.1 Å². The molecule has 0 spiro atoms. The monoisotopic (exact) mass is 372 g/mol. The van der Waals surface area contributed by atoms with Crippen molar-refractivity contribution in [1.82, 2.24) is 4.90 Å². The van der Waals surface area contributed by atoms with Gasteiger partial charge in [0.25, 0.3) is 5.91 Å². The minimum Gasteiger partial charge on any atom is -0.476 e. The van der Waals surface area contributed by atoms with Gasteiger partial charge in [-0.15, -0.1) is 0 Å². The number of anilines is 1. The van der Waals surface area contributed by atoms with E-state index in [9.17, 15) is 13.2 Å². The van der Waals surface area contributed by atoms with E-state index in [0.717, 1.165) is 31.9 Å². The number of amides is 1. The van der Waals surface area contributed by atoms with Gasteiger partial charge in [-0.25, -0.2) is 8.42 Å². The molecular formula is C16H21ClN2O4S. The molecular weight excluding hydrogens is 352 g/mol. The molecule has 1 atom stereocenters. The Labute approximate surface area is 147 Å². The highest BCUT2D eigenvalue weighted by Gasteiger charge is 2.38. The lowest BCUT2D eigenvalue weighted by atomic mass is 10.1. The van der Waals surface area contributed by atoms with Crippen molar-refractivity contribution in [2.24, 2.45) is 0 Å². The number of fused-ring (bicyclic) bond motifs is 1. The molecule has 1 aromatic rings. The third kappa shape index (κ3) is 3.32. The van der Waals surface area contributed by atoms with Gasteiger partial charge in [-0.05, 0) is 31.0 Å². The largest absolute Gasteiger partial charge is 0.476 e. The Morgan fingerprint density at radius 2 is 2.00 bits per heavy atom. The third-order valence-corrected chi connectivity index (χ3v) is 6.07. The summed E-state index contributed by atoms with van der Waals surface area (Å²) in [5.41, 5.74) is 0.373. The molecule has 1 aliphatic carbocycles. The molecule has 8 heteroatoms. The maximum atomic E-state index is 12.8. The number of nitrogens with zero attached hydrogens (tertiary/aromatic N) is 2. The molecule has 3 rings (SSSR count). The van der Waals surface area contributed by atoms with E-state index in [0.29, 0.717) is 16.5 Å². The van der Waals surface area contributed by atoms with Gasteiger partial charge in [0.05, 0.1) is 18.5 Å². The van der Waals surface area contributed by atoms with Crippen molar-refractivity contribution in [2.45, 2.75) is 37.8 Å². The molecule has 1 fully saturated rings. The quantitative estimate of drug-likeness (QED) is 0.816. The van der Waals surface area contributed by atoms with Gasteiger partial charge in [0.15, 0.2) is 6.10 Å². The average molecular weight is 373 g/mol. The Morgan fingerprint density at radius 3 is 2.62 bits per heavy atom. The summed E-state index contributed by atoms with van der Waals surface area (Å²) < 4.78 is 31.3. The summed E-state index contributed by atoms with van der Waals surface area (Å²) >= 11 is 5.98. The lowest BCUT2D eigenvalue weighted by Crippen LogP contribution is -2.52. The lowest BCUT2D eigenvalue weighted by molar-refractivity contribution is -0.139. The van der Waals surface area contributed by atoms with Crippen molar-refractivity contribution in [3.8, 4) is 5.75 Å². The van der Waals surface area contributed by atoms with Crippen LogP contribution in [0.25, 0.3) is 0 Å². The number of carbonyl (C=O) groups excluding carboxylic acids is 1. The highest BCUT2D eigenvalue weighted by atomic mass is 35.5. The Bertz CT molecular complexity index is 746. The van der Waals surface area contributed by atoms with E-state index >= 15 is 0 Å². The van der Waals surface area contributed by atoms with Crippen LogP contribution in [0.2, 0.25) is 5.02 Å². The molecule has 0 N–H and O–H groups in total. The molecule has 1 heterocycles. The van der Waals surface area contributed by atoms with Gasteiger partial charge >= 0.3 is 0 Å². The van der Waals surface area contributed by atoms with E-state index in [1.54, 1.807) is 30.1 Å². The first-order chi connectivity index (χ1) is 11.3. The molecule has 0 aromatic heterocycles. The van der Waals surface area contributed by atoms with Gasteiger partial charge < -0.3 is 9.64 Å². The summed E-state index contributed by atoms with van der Waals surface area (Å²) in [5, 5.41) is 0.416. The minimum atomic E-state index is -3.54. The van der Waals surface area contributed by atoms with Crippen molar-refractivity contribution in [2.75, 3.05) is 24.2 Å². The van der Waals surface area contributed by atoms with Gasteiger partial charge in [-0.1, -0.05) is 24.4 Å². The van der Waals surface area contributed by atoms with Gasteiger partial charge in [0, 0.05) is 18.1 Å². The van der Waals surface area contributed by atoms with Crippen molar-refractivity contribution in [1.29, 1.82) is 0 Å². The maximum absolute atomic E-state index is 12.8. The van der Waals surface area contributed by atoms with Crippen LogP contribution in [0.1, 0.15) is 25.7 Å². The van der Waals surface area contributed by atoms with Crippen LogP contribution in [0.5, 0.6) is 5.75 Å². The summed E-state index contributed by atoms with van der Waals surface area (Å²) in [4.78, 5) is 14.5. The summed E-state index contributed by atoms with van der Waals surface area (Å²) in [7, 11) is -1.78. The third-order valence-electron chi connectivity index (χ3n) is 4.69. The number of ether oxygens (including phenoxy) is 1. The Morgan fingerprint density at radius 1 is 1.33 bits per heavy atom.